The van der Waals surface area contributed by atoms with E-state index in [-0.39, 0.29) is 5.91 Å². The Kier molecular flexibility index (Phi) is 7.56. The monoisotopic (exact) mass is 406 g/mol. The summed E-state index contributed by atoms with van der Waals surface area (Å²) in [7, 11) is 0. The van der Waals surface area contributed by atoms with Crippen LogP contribution < -0.4 is 4.74 Å². The van der Waals surface area contributed by atoms with E-state index in [4.69, 9.17) is 16.3 Å². The van der Waals surface area contributed by atoms with Crippen LogP contribution in [0.3, 0.4) is 0 Å². The number of amides is 1. The predicted molar refractivity (Wildman–Crippen MR) is 112 cm³/mol. The van der Waals surface area contributed by atoms with E-state index in [1.807, 2.05) is 29.2 Å². The van der Waals surface area contributed by atoms with Crippen LogP contribution in [0.15, 0.2) is 36.4 Å². The summed E-state index contributed by atoms with van der Waals surface area (Å²) in [5.41, 5.74) is 1.20. The van der Waals surface area contributed by atoms with Gasteiger partial charge in [-0.1, -0.05) is 23.7 Å². The molecule has 1 aromatic heterocycles. The van der Waals surface area contributed by atoms with Crippen LogP contribution in [0.25, 0.3) is 0 Å². The first-order valence-corrected chi connectivity index (χ1v) is 10.7. The third kappa shape index (κ3) is 6.52. The van der Waals surface area contributed by atoms with Crippen LogP contribution in [0.5, 0.6) is 5.75 Å². The topological polar surface area (TPSA) is 32.8 Å². The van der Waals surface area contributed by atoms with Crippen LogP contribution >= 0.6 is 22.9 Å². The molecule has 1 fully saturated rings. The molecule has 3 rings (SSSR count). The lowest BCUT2D eigenvalue weighted by molar-refractivity contribution is -0.133. The van der Waals surface area contributed by atoms with Crippen LogP contribution in [0.2, 0.25) is 4.34 Å². The zero-order valence-electron chi connectivity index (χ0n) is 15.8. The van der Waals surface area contributed by atoms with Crippen molar-refractivity contribution in [1.82, 2.24) is 9.80 Å². The summed E-state index contributed by atoms with van der Waals surface area (Å²) in [5.74, 6) is 1.17. The molecule has 1 aliphatic rings. The number of carbonyl (C=O) groups excluding carboxylic acids is 1. The van der Waals surface area contributed by atoms with Gasteiger partial charge in [-0.05, 0) is 49.6 Å². The van der Waals surface area contributed by atoms with Crippen LogP contribution in [-0.4, -0.2) is 48.5 Å². The number of ether oxygens (including phenoxy) is 1. The van der Waals surface area contributed by atoms with Crippen molar-refractivity contribution in [3.63, 3.8) is 0 Å². The summed E-state index contributed by atoms with van der Waals surface area (Å²) in [6, 6.07) is 12.1. The lowest BCUT2D eigenvalue weighted by Gasteiger charge is -2.34. The fourth-order valence-electron chi connectivity index (χ4n) is 3.24. The summed E-state index contributed by atoms with van der Waals surface area (Å²) >= 11 is 7.63. The molecule has 146 valence electrons. The van der Waals surface area contributed by atoms with Gasteiger partial charge in [0.15, 0.2) is 0 Å². The van der Waals surface area contributed by atoms with Crippen molar-refractivity contribution in [3.05, 3.63) is 51.2 Å². The van der Waals surface area contributed by atoms with E-state index >= 15 is 0 Å². The standard InChI is InChI=1S/C21H27ClN2O2S/c1-17-5-4-6-18(15-17)26-14-3-2-7-21(25)24-12-10-23(11-13-24)16-19-8-9-20(22)27-19/h4-6,8-9,15H,2-3,7,10-14,16H2,1H3. The van der Waals surface area contributed by atoms with E-state index in [1.165, 1.54) is 10.4 Å². The fourth-order valence-corrected chi connectivity index (χ4v) is 4.37. The van der Waals surface area contributed by atoms with Crippen molar-refractivity contribution in [2.45, 2.75) is 32.7 Å². The van der Waals surface area contributed by atoms with Crippen LogP contribution in [-0.2, 0) is 11.3 Å². The molecule has 1 aromatic carbocycles. The largest absolute Gasteiger partial charge is 0.494 e. The molecule has 1 saturated heterocycles. The van der Waals surface area contributed by atoms with Crippen LogP contribution in [0.1, 0.15) is 29.7 Å². The minimum absolute atomic E-state index is 0.268. The van der Waals surface area contributed by atoms with Crippen molar-refractivity contribution < 1.29 is 9.53 Å². The number of aryl methyl sites for hydroxylation is 1. The normalized spacial score (nSPS) is 15.1. The summed E-state index contributed by atoms with van der Waals surface area (Å²) in [5, 5.41) is 0. The minimum Gasteiger partial charge on any atom is -0.494 e. The van der Waals surface area contributed by atoms with Gasteiger partial charge in [0.25, 0.3) is 0 Å². The van der Waals surface area contributed by atoms with Gasteiger partial charge in [0.2, 0.25) is 5.91 Å². The van der Waals surface area contributed by atoms with Crippen molar-refractivity contribution in [2.75, 3.05) is 32.8 Å². The minimum atomic E-state index is 0.268. The van der Waals surface area contributed by atoms with Gasteiger partial charge in [-0.2, -0.15) is 0 Å². The Morgan fingerprint density at radius 2 is 1.96 bits per heavy atom. The molecule has 2 heterocycles. The number of halogens is 1. The summed E-state index contributed by atoms with van der Waals surface area (Å²) in [4.78, 5) is 18.1. The first-order chi connectivity index (χ1) is 13.1. The zero-order chi connectivity index (χ0) is 19.1. The van der Waals surface area contributed by atoms with Gasteiger partial charge in [0.1, 0.15) is 5.75 Å². The molecular formula is C21H27ClN2O2S. The zero-order valence-corrected chi connectivity index (χ0v) is 17.4. The molecular weight excluding hydrogens is 380 g/mol. The van der Waals surface area contributed by atoms with E-state index in [2.05, 4.69) is 24.0 Å². The summed E-state index contributed by atoms with van der Waals surface area (Å²) in [6.07, 6.45) is 2.38. The first-order valence-electron chi connectivity index (χ1n) is 9.54. The number of nitrogens with zero attached hydrogens (tertiary/aromatic N) is 2. The van der Waals surface area contributed by atoms with Crippen molar-refractivity contribution in [1.29, 1.82) is 0 Å². The lowest BCUT2D eigenvalue weighted by Crippen LogP contribution is -2.48. The van der Waals surface area contributed by atoms with Gasteiger partial charge >= 0.3 is 0 Å². The Morgan fingerprint density at radius 1 is 1.15 bits per heavy atom. The molecule has 4 nitrogen and oxygen atoms in total. The molecule has 0 atom stereocenters. The SMILES string of the molecule is Cc1cccc(OCCCCC(=O)N2CCN(Cc3ccc(Cl)s3)CC2)c1. The molecule has 0 N–H and O–H groups in total. The van der Waals surface area contributed by atoms with E-state index in [0.717, 1.165) is 55.7 Å². The van der Waals surface area contributed by atoms with Crippen molar-refractivity contribution in [3.8, 4) is 5.75 Å². The van der Waals surface area contributed by atoms with E-state index in [1.54, 1.807) is 11.3 Å². The second-order valence-electron chi connectivity index (χ2n) is 6.98. The molecule has 0 saturated carbocycles. The number of thiophene rings is 1. The van der Waals surface area contributed by atoms with E-state index in [0.29, 0.717) is 13.0 Å². The van der Waals surface area contributed by atoms with Crippen LogP contribution in [0.4, 0.5) is 0 Å². The third-order valence-corrected chi connectivity index (χ3v) is 5.99. The average Bonchev–Trinajstić information content (AvgIpc) is 3.07. The fraction of sp³-hybridized carbons (Fsp3) is 0.476. The number of carbonyl (C=O) groups is 1. The number of hydrogen-bond acceptors (Lipinski definition) is 4. The second-order valence-corrected chi connectivity index (χ2v) is 8.78. The molecule has 6 heteroatoms. The smallest absolute Gasteiger partial charge is 0.222 e. The van der Waals surface area contributed by atoms with Gasteiger partial charge < -0.3 is 9.64 Å². The molecule has 27 heavy (non-hydrogen) atoms. The highest BCUT2D eigenvalue weighted by Crippen LogP contribution is 2.23. The van der Waals surface area contributed by atoms with Gasteiger partial charge in [-0.25, -0.2) is 0 Å². The Bertz CT molecular complexity index is 741. The maximum atomic E-state index is 12.4. The molecule has 0 spiro atoms. The van der Waals surface area contributed by atoms with Gasteiger partial charge in [0.05, 0.1) is 10.9 Å². The molecule has 1 amide bonds. The Morgan fingerprint density at radius 3 is 2.67 bits per heavy atom. The Labute approximate surface area is 170 Å². The summed E-state index contributed by atoms with van der Waals surface area (Å²) < 4.78 is 6.58. The van der Waals surface area contributed by atoms with Crippen molar-refractivity contribution >= 4 is 28.8 Å². The summed E-state index contributed by atoms with van der Waals surface area (Å²) in [6.45, 7) is 7.13. The number of rotatable bonds is 8. The highest BCUT2D eigenvalue weighted by atomic mass is 35.5. The highest BCUT2D eigenvalue weighted by molar-refractivity contribution is 7.16. The highest BCUT2D eigenvalue weighted by Gasteiger charge is 2.21. The average molecular weight is 407 g/mol. The molecule has 1 aliphatic heterocycles. The van der Waals surface area contributed by atoms with Gasteiger partial charge in [-0.15, -0.1) is 11.3 Å². The molecule has 0 unspecified atom stereocenters. The maximum absolute atomic E-state index is 12.4. The molecule has 2 aromatic rings. The number of unbranched alkanes of at least 4 members (excludes halogenated alkanes) is 1. The van der Waals surface area contributed by atoms with Crippen LogP contribution in [0, 0.1) is 6.92 Å². The quantitative estimate of drug-likeness (QED) is 0.600. The molecule has 0 bridgehead atoms. The number of hydrogen-bond donors (Lipinski definition) is 0. The van der Waals surface area contributed by atoms with Gasteiger partial charge in [-0.3, -0.25) is 9.69 Å². The first kappa shape index (κ1) is 20.2. The molecule has 0 radical (unpaired) electrons. The van der Waals surface area contributed by atoms with Gasteiger partial charge in [0, 0.05) is 44.0 Å². The van der Waals surface area contributed by atoms with E-state index < -0.39 is 0 Å². The maximum Gasteiger partial charge on any atom is 0.222 e. The van der Waals surface area contributed by atoms with Crippen molar-refractivity contribution in [2.24, 2.45) is 0 Å². The Hall–Kier alpha value is -1.56. The number of benzene rings is 1. The number of piperazine rings is 1. The second kappa shape index (κ2) is 10.1. The predicted octanol–water partition coefficient (Wildman–Crippen LogP) is 4.60. The third-order valence-electron chi connectivity index (χ3n) is 4.78. The lowest BCUT2D eigenvalue weighted by atomic mass is 10.2. The Balaban J connectivity index is 1.29. The molecule has 0 aliphatic carbocycles. The van der Waals surface area contributed by atoms with E-state index in [9.17, 15) is 4.79 Å².